The molecule has 0 spiro atoms. The van der Waals surface area contributed by atoms with Gasteiger partial charge in [-0.25, -0.2) is 9.97 Å². The van der Waals surface area contributed by atoms with Crippen LogP contribution in [-0.2, 0) is 5.41 Å². The molecule has 1 aliphatic rings. The van der Waals surface area contributed by atoms with E-state index in [0.717, 1.165) is 33.9 Å². The van der Waals surface area contributed by atoms with Crippen molar-refractivity contribution in [2.75, 3.05) is 0 Å². The Hall–Kier alpha value is -5.08. The first-order valence-electron chi connectivity index (χ1n) is 14.2. The van der Waals surface area contributed by atoms with Gasteiger partial charge in [-0.3, -0.25) is 0 Å². The van der Waals surface area contributed by atoms with E-state index in [9.17, 15) is 0 Å². The van der Waals surface area contributed by atoms with E-state index < -0.39 is 0 Å². The summed E-state index contributed by atoms with van der Waals surface area (Å²) >= 11 is 0. The average Bonchev–Trinajstić information content (AvgIpc) is 3.27. The van der Waals surface area contributed by atoms with Gasteiger partial charge < -0.3 is 0 Å². The molecule has 0 saturated heterocycles. The highest BCUT2D eigenvalue weighted by Crippen LogP contribution is 2.54. The number of hydrogen-bond donors (Lipinski definition) is 0. The van der Waals surface area contributed by atoms with Crippen LogP contribution >= 0.6 is 0 Å². The lowest BCUT2D eigenvalue weighted by atomic mass is 9.80. The molecule has 0 aliphatic heterocycles. The standard InChI is InChI=1S/C39H28N2/c1-39(2)33-23-22-27-15-7-9-20-31(27)34(33)37-35(39)36(32-21-11-16-26-14-6-8-19-30(26)32)40-38(41-37)29-18-10-17-28(24-29)25-12-4-3-5-13-25/h3-24H,1-2H3. The van der Waals surface area contributed by atoms with Crippen molar-refractivity contribution in [3.63, 3.8) is 0 Å². The fraction of sp³-hybridized carbons (Fsp3) is 0.0769. The topological polar surface area (TPSA) is 25.8 Å². The van der Waals surface area contributed by atoms with Gasteiger partial charge in [0.25, 0.3) is 0 Å². The average molecular weight is 525 g/mol. The monoisotopic (exact) mass is 524 g/mol. The summed E-state index contributed by atoms with van der Waals surface area (Å²) in [7, 11) is 0. The summed E-state index contributed by atoms with van der Waals surface area (Å²) in [6.45, 7) is 4.64. The number of benzene rings is 6. The molecule has 0 unspecified atom stereocenters. The smallest absolute Gasteiger partial charge is 0.160 e. The number of rotatable bonds is 3. The van der Waals surface area contributed by atoms with E-state index in [2.05, 4.69) is 147 Å². The second kappa shape index (κ2) is 8.97. The van der Waals surface area contributed by atoms with E-state index in [0.29, 0.717) is 0 Å². The summed E-state index contributed by atoms with van der Waals surface area (Å²) in [5, 5.41) is 4.89. The fourth-order valence-corrected chi connectivity index (χ4v) is 6.64. The number of aromatic nitrogens is 2. The molecule has 0 fully saturated rings. The highest BCUT2D eigenvalue weighted by atomic mass is 14.9. The van der Waals surface area contributed by atoms with Crippen LogP contribution in [-0.4, -0.2) is 9.97 Å². The summed E-state index contributed by atoms with van der Waals surface area (Å²) in [6, 6.07) is 47.5. The Morgan fingerprint density at radius 1 is 0.488 bits per heavy atom. The lowest BCUT2D eigenvalue weighted by Gasteiger charge is -2.24. The molecule has 0 N–H and O–H groups in total. The predicted molar refractivity (Wildman–Crippen MR) is 171 cm³/mol. The molecule has 1 aliphatic carbocycles. The van der Waals surface area contributed by atoms with Gasteiger partial charge in [0.05, 0.1) is 11.4 Å². The zero-order valence-electron chi connectivity index (χ0n) is 23.1. The third-order valence-electron chi connectivity index (χ3n) is 8.65. The Bertz CT molecular complexity index is 2120. The molecule has 8 rings (SSSR count). The fourth-order valence-electron chi connectivity index (χ4n) is 6.64. The lowest BCUT2D eigenvalue weighted by molar-refractivity contribution is 0.658. The van der Waals surface area contributed by atoms with E-state index in [4.69, 9.17) is 9.97 Å². The van der Waals surface area contributed by atoms with Gasteiger partial charge >= 0.3 is 0 Å². The van der Waals surface area contributed by atoms with Crippen LogP contribution in [0.5, 0.6) is 0 Å². The van der Waals surface area contributed by atoms with Crippen LogP contribution in [0, 0.1) is 0 Å². The SMILES string of the molecule is CC1(C)c2ccc3ccccc3c2-c2nc(-c3cccc(-c4ccccc4)c3)nc(-c3cccc4ccccc34)c21. The van der Waals surface area contributed by atoms with Crippen molar-refractivity contribution in [2.24, 2.45) is 0 Å². The van der Waals surface area contributed by atoms with Gasteiger partial charge in [-0.2, -0.15) is 0 Å². The van der Waals surface area contributed by atoms with Crippen molar-refractivity contribution in [2.45, 2.75) is 19.3 Å². The molecule has 2 nitrogen and oxygen atoms in total. The van der Waals surface area contributed by atoms with Crippen LogP contribution < -0.4 is 0 Å². The second-order valence-electron chi connectivity index (χ2n) is 11.4. The van der Waals surface area contributed by atoms with Gasteiger partial charge in [0.1, 0.15) is 0 Å². The van der Waals surface area contributed by atoms with E-state index in [1.54, 1.807) is 0 Å². The molecule has 1 aromatic heterocycles. The molecule has 1 heterocycles. The van der Waals surface area contributed by atoms with Gasteiger partial charge in [-0.05, 0) is 44.3 Å². The Labute approximate surface area is 240 Å². The molecular weight excluding hydrogens is 496 g/mol. The number of nitrogens with zero attached hydrogens (tertiary/aromatic N) is 2. The van der Waals surface area contributed by atoms with E-state index >= 15 is 0 Å². The third-order valence-corrected chi connectivity index (χ3v) is 8.65. The first-order chi connectivity index (χ1) is 20.1. The molecule has 7 aromatic rings. The van der Waals surface area contributed by atoms with Crippen molar-refractivity contribution in [1.82, 2.24) is 9.97 Å². The molecule has 6 aromatic carbocycles. The number of hydrogen-bond acceptors (Lipinski definition) is 2. The molecule has 0 atom stereocenters. The van der Waals surface area contributed by atoms with Gasteiger partial charge in [-0.1, -0.05) is 141 Å². The molecule has 0 amide bonds. The predicted octanol–water partition coefficient (Wildman–Crippen LogP) is 10.1. The van der Waals surface area contributed by atoms with Gasteiger partial charge in [0.15, 0.2) is 5.82 Å². The highest BCUT2D eigenvalue weighted by Gasteiger charge is 2.41. The van der Waals surface area contributed by atoms with Gasteiger partial charge in [-0.15, -0.1) is 0 Å². The largest absolute Gasteiger partial charge is 0.228 e. The summed E-state index contributed by atoms with van der Waals surface area (Å²) in [4.78, 5) is 10.8. The molecule has 0 radical (unpaired) electrons. The van der Waals surface area contributed by atoms with E-state index in [-0.39, 0.29) is 5.41 Å². The van der Waals surface area contributed by atoms with Gasteiger partial charge in [0.2, 0.25) is 0 Å². The van der Waals surface area contributed by atoms with Crippen molar-refractivity contribution >= 4 is 21.5 Å². The zero-order chi connectivity index (χ0) is 27.6. The van der Waals surface area contributed by atoms with Crippen LogP contribution in [0.4, 0.5) is 0 Å². The maximum atomic E-state index is 5.42. The minimum Gasteiger partial charge on any atom is -0.228 e. The van der Waals surface area contributed by atoms with Crippen LogP contribution in [0.25, 0.3) is 66.6 Å². The minimum absolute atomic E-state index is 0.259. The normalized spacial score (nSPS) is 13.3. The van der Waals surface area contributed by atoms with Crippen molar-refractivity contribution in [3.8, 4) is 45.0 Å². The highest BCUT2D eigenvalue weighted by molar-refractivity contribution is 6.05. The quantitative estimate of drug-likeness (QED) is 0.230. The summed E-state index contributed by atoms with van der Waals surface area (Å²) in [5.41, 5.74) is 10.0. The van der Waals surface area contributed by atoms with Crippen LogP contribution in [0.15, 0.2) is 133 Å². The maximum absolute atomic E-state index is 5.42. The lowest BCUT2D eigenvalue weighted by Crippen LogP contribution is -2.17. The van der Waals surface area contributed by atoms with Gasteiger partial charge in [0, 0.05) is 27.7 Å². The molecule has 194 valence electrons. The Morgan fingerprint density at radius 3 is 1.93 bits per heavy atom. The minimum atomic E-state index is -0.259. The first-order valence-corrected chi connectivity index (χ1v) is 14.2. The van der Waals surface area contributed by atoms with E-state index in [1.165, 1.54) is 43.8 Å². The van der Waals surface area contributed by atoms with Crippen LogP contribution in [0.1, 0.15) is 25.0 Å². The Kier molecular flexibility index (Phi) is 5.20. The summed E-state index contributed by atoms with van der Waals surface area (Å²) < 4.78 is 0. The van der Waals surface area contributed by atoms with Crippen LogP contribution in [0.2, 0.25) is 0 Å². The first kappa shape index (κ1) is 23.8. The van der Waals surface area contributed by atoms with Crippen LogP contribution in [0.3, 0.4) is 0 Å². The third kappa shape index (κ3) is 3.64. The molecule has 2 heteroatoms. The molecular formula is C39H28N2. The molecule has 0 saturated carbocycles. The molecule has 0 bridgehead atoms. The second-order valence-corrected chi connectivity index (χ2v) is 11.4. The molecule has 41 heavy (non-hydrogen) atoms. The van der Waals surface area contributed by atoms with Crippen molar-refractivity contribution < 1.29 is 0 Å². The van der Waals surface area contributed by atoms with Crippen molar-refractivity contribution in [1.29, 1.82) is 0 Å². The Balaban J connectivity index is 1.47. The summed E-state index contributed by atoms with van der Waals surface area (Å²) in [5.74, 6) is 0.751. The number of fused-ring (bicyclic) bond motifs is 6. The van der Waals surface area contributed by atoms with Crippen molar-refractivity contribution in [3.05, 3.63) is 145 Å². The Morgan fingerprint density at radius 2 is 1.10 bits per heavy atom. The summed E-state index contributed by atoms with van der Waals surface area (Å²) in [6.07, 6.45) is 0. The zero-order valence-corrected chi connectivity index (χ0v) is 23.1. The maximum Gasteiger partial charge on any atom is 0.160 e. The van der Waals surface area contributed by atoms with E-state index in [1.807, 2.05) is 0 Å².